The lowest BCUT2D eigenvalue weighted by molar-refractivity contribution is -0.146. The molecule has 100 valence electrons. The molecule has 1 heterocycles. The number of nitrogens with one attached hydrogen (secondary N) is 1. The van der Waals surface area contributed by atoms with E-state index >= 15 is 0 Å². The highest BCUT2D eigenvalue weighted by Crippen LogP contribution is 2.46. The Labute approximate surface area is 111 Å². The summed E-state index contributed by atoms with van der Waals surface area (Å²) in [5.41, 5.74) is 1.73. The summed E-state index contributed by atoms with van der Waals surface area (Å²) < 4.78 is 10.3. The van der Waals surface area contributed by atoms with Gasteiger partial charge < -0.3 is 14.5 Å². The van der Waals surface area contributed by atoms with E-state index in [0.29, 0.717) is 13.1 Å². The van der Waals surface area contributed by atoms with Crippen molar-refractivity contribution in [1.29, 1.82) is 0 Å². The molecule has 0 saturated heterocycles. The predicted molar refractivity (Wildman–Crippen MR) is 71.6 cm³/mol. The average molecular weight is 259 g/mol. The van der Waals surface area contributed by atoms with Crippen LogP contribution in [0.2, 0.25) is 0 Å². The minimum absolute atomic E-state index is 0.1000. The number of ether oxygens (including phenoxy) is 1. The summed E-state index contributed by atoms with van der Waals surface area (Å²) in [6.45, 7) is 1.37. The molecule has 1 aliphatic rings. The van der Waals surface area contributed by atoms with Gasteiger partial charge in [-0.15, -0.1) is 0 Å². The quantitative estimate of drug-likeness (QED) is 0.838. The van der Waals surface area contributed by atoms with Crippen molar-refractivity contribution in [2.75, 3.05) is 13.7 Å². The van der Waals surface area contributed by atoms with E-state index in [4.69, 9.17) is 9.15 Å². The van der Waals surface area contributed by atoms with Gasteiger partial charge in [-0.1, -0.05) is 18.2 Å². The van der Waals surface area contributed by atoms with Crippen LogP contribution < -0.4 is 5.32 Å². The SMILES string of the molecule is COC(=O)C1(CNCc2coc3ccccc23)CC1. The maximum Gasteiger partial charge on any atom is 0.313 e. The Morgan fingerprint density at radius 2 is 2.21 bits per heavy atom. The molecule has 2 aromatic rings. The molecule has 0 spiro atoms. The minimum atomic E-state index is -0.283. The Balaban J connectivity index is 1.63. The number of hydrogen-bond donors (Lipinski definition) is 1. The smallest absolute Gasteiger partial charge is 0.313 e. The molecule has 1 fully saturated rings. The zero-order valence-electron chi connectivity index (χ0n) is 10.9. The van der Waals surface area contributed by atoms with E-state index in [2.05, 4.69) is 5.32 Å². The Morgan fingerprint density at radius 1 is 1.42 bits per heavy atom. The molecule has 0 aliphatic heterocycles. The van der Waals surface area contributed by atoms with E-state index in [9.17, 15) is 4.79 Å². The van der Waals surface area contributed by atoms with Crippen molar-refractivity contribution >= 4 is 16.9 Å². The molecule has 1 N–H and O–H groups in total. The van der Waals surface area contributed by atoms with Gasteiger partial charge in [-0.2, -0.15) is 0 Å². The van der Waals surface area contributed by atoms with E-state index < -0.39 is 0 Å². The van der Waals surface area contributed by atoms with Crippen LogP contribution in [0, 0.1) is 5.41 Å². The topological polar surface area (TPSA) is 51.5 Å². The third kappa shape index (κ3) is 2.24. The van der Waals surface area contributed by atoms with Crippen LogP contribution in [-0.4, -0.2) is 19.6 Å². The molecule has 1 aromatic heterocycles. The van der Waals surface area contributed by atoms with Gasteiger partial charge in [-0.25, -0.2) is 0 Å². The summed E-state index contributed by atoms with van der Waals surface area (Å²) in [5.74, 6) is -0.1000. The number of benzene rings is 1. The molecule has 0 bridgehead atoms. The highest BCUT2D eigenvalue weighted by Gasteiger charge is 2.50. The third-order valence-corrected chi connectivity index (χ3v) is 3.81. The second-order valence-corrected chi connectivity index (χ2v) is 5.13. The number of esters is 1. The first-order valence-corrected chi connectivity index (χ1v) is 6.49. The standard InChI is InChI=1S/C15H17NO3/c1-18-14(17)15(6-7-15)10-16-8-11-9-19-13-5-3-2-4-12(11)13/h2-5,9,16H,6-8,10H2,1H3. The van der Waals surface area contributed by atoms with Crippen molar-refractivity contribution < 1.29 is 13.9 Å². The second-order valence-electron chi connectivity index (χ2n) is 5.13. The van der Waals surface area contributed by atoms with E-state index in [-0.39, 0.29) is 11.4 Å². The van der Waals surface area contributed by atoms with Crippen molar-refractivity contribution in [1.82, 2.24) is 5.32 Å². The van der Waals surface area contributed by atoms with E-state index in [1.165, 1.54) is 7.11 Å². The van der Waals surface area contributed by atoms with Crippen LogP contribution in [0.4, 0.5) is 0 Å². The number of rotatable bonds is 5. The van der Waals surface area contributed by atoms with Crippen LogP contribution in [0.1, 0.15) is 18.4 Å². The molecule has 0 amide bonds. The summed E-state index contributed by atoms with van der Waals surface area (Å²) in [6, 6.07) is 7.95. The van der Waals surface area contributed by atoms with Crippen LogP contribution >= 0.6 is 0 Å². The molecule has 19 heavy (non-hydrogen) atoms. The lowest BCUT2D eigenvalue weighted by atomic mass is 10.1. The van der Waals surface area contributed by atoms with Gasteiger partial charge in [0.05, 0.1) is 18.8 Å². The lowest BCUT2D eigenvalue weighted by Gasteiger charge is -2.12. The summed E-state index contributed by atoms with van der Waals surface area (Å²) >= 11 is 0. The fourth-order valence-corrected chi connectivity index (χ4v) is 2.43. The normalized spacial score (nSPS) is 16.5. The van der Waals surface area contributed by atoms with Gasteiger partial charge in [0.2, 0.25) is 0 Å². The molecule has 1 aliphatic carbocycles. The summed E-state index contributed by atoms with van der Waals surface area (Å²) in [4.78, 5) is 11.6. The first-order chi connectivity index (χ1) is 9.25. The predicted octanol–water partition coefficient (Wildman–Crippen LogP) is 2.48. The summed E-state index contributed by atoms with van der Waals surface area (Å²) in [6.07, 6.45) is 3.60. The number of carbonyl (C=O) groups excluding carboxylic acids is 1. The van der Waals surface area contributed by atoms with Crippen LogP contribution in [0.5, 0.6) is 0 Å². The number of fused-ring (bicyclic) bond motifs is 1. The van der Waals surface area contributed by atoms with Crippen LogP contribution in [-0.2, 0) is 16.1 Å². The molecular weight excluding hydrogens is 242 g/mol. The van der Waals surface area contributed by atoms with E-state index in [1.54, 1.807) is 6.26 Å². The van der Waals surface area contributed by atoms with Crippen LogP contribution in [0.3, 0.4) is 0 Å². The summed E-state index contributed by atoms with van der Waals surface area (Å²) in [5, 5.41) is 4.46. The number of furan rings is 1. The number of carbonyl (C=O) groups is 1. The number of para-hydroxylation sites is 1. The molecule has 0 radical (unpaired) electrons. The maximum absolute atomic E-state index is 11.6. The van der Waals surface area contributed by atoms with Gasteiger partial charge in [0, 0.05) is 24.0 Å². The number of methoxy groups -OCH3 is 1. The molecule has 3 rings (SSSR count). The Kier molecular flexibility index (Phi) is 3.03. The van der Waals surface area contributed by atoms with Crippen molar-refractivity contribution in [2.24, 2.45) is 5.41 Å². The molecule has 1 aromatic carbocycles. The van der Waals surface area contributed by atoms with Crippen molar-refractivity contribution in [3.63, 3.8) is 0 Å². The van der Waals surface area contributed by atoms with Gasteiger partial charge in [0.25, 0.3) is 0 Å². The van der Waals surface area contributed by atoms with E-state index in [0.717, 1.165) is 29.4 Å². The van der Waals surface area contributed by atoms with Crippen LogP contribution in [0.15, 0.2) is 34.9 Å². The average Bonchev–Trinajstić information content (AvgIpc) is 3.13. The Morgan fingerprint density at radius 3 is 2.95 bits per heavy atom. The largest absolute Gasteiger partial charge is 0.469 e. The van der Waals surface area contributed by atoms with Gasteiger partial charge in [-0.3, -0.25) is 4.79 Å². The minimum Gasteiger partial charge on any atom is -0.469 e. The molecule has 0 atom stereocenters. The maximum atomic E-state index is 11.6. The fraction of sp³-hybridized carbons (Fsp3) is 0.400. The van der Waals surface area contributed by atoms with E-state index in [1.807, 2.05) is 24.3 Å². The fourth-order valence-electron chi connectivity index (χ4n) is 2.43. The van der Waals surface area contributed by atoms with Crippen molar-refractivity contribution in [3.8, 4) is 0 Å². The third-order valence-electron chi connectivity index (χ3n) is 3.81. The van der Waals surface area contributed by atoms with Crippen molar-refractivity contribution in [3.05, 3.63) is 36.1 Å². The van der Waals surface area contributed by atoms with Gasteiger partial charge in [0.1, 0.15) is 5.58 Å². The lowest BCUT2D eigenvalue weighted by Crippen LogP contribution is -2.30. The zero-order chi connectivity index (χ0) is 13.3. The number of hydrogen-bond acceptors (Lipinski definition) is 4. The van der Waals surface area contributed by atoms with Gasteiger partial charge in [0.15, 0.2) is 0 Å². The van der Waals surface area contributed by atoms with Gasteiger partial charge >= 0.3 is 5.97 Å². The van der Waals surface area contributed by atoms with Crippen LogP contribution in [0.25, 0.3) is 11.0 Å². The zero-order valence-corrected chi connectivity index (χ0v) is 10.9. The highest BCUT2D eigenvalue weighted by molar-refractivity contribution is 5.81. The molecular formula is C15H17NO3. The molecule has 4 nitrogen and oxygen atoms in total. The van der Waals surface area contributed by atoms with Gasteiger partial charge in [-0.05, 0) is 18.9 Å². The van der Waals surface area contributed by atoms with Crippen molar-refractivity contribution in [2.45, 2.75) is 19.4 Å². The molecule has 1 saturated carbocycles. The summed E-state index contributed by atoms with van der Waals surface area (Å²) in [7, 11) is 1.45. The first-order valence-electron chi connectivity index (χ1n) is 6.49. The highest BCUT2D eigenvalue weighted by atomic mass is 16.5. The molecule has 4 heteroatoms. The first kappa shape index (κ1) is 12.2. The monoisotopic (exact) mass is 259 g/mol. The Bertz CT molecular complexity index is 598. The Hall–Kier alpha value is -1.81. The molecule has 0 unspecified atom stereocenters. The second kappa shape index (κ2) is 4.70.